The summed E-state index contributed by atoms with van der Waals surface area (Å²) in [5.74, 6) is 1.56. The van der Waals surface area contributed by atoms with E-state index in [1.165, 1.54) is 6.20 Å². The lowest BCUT2D eigenvalue weighted by molar-refractivity contribution is 0.425. The zero-order valence-corrected chi connectivity index (χ0v) is 23.8. The Kier molecular flexibility index (Phi) is 11.3. The third-order valence-corrected chi connectivity index (χ3v) is 5.66. The predicted octanol–water partition coefficient (Wildman–Crippen LogP) is 4.86. The van der Waals surface area contributed by atoms with Crippen LogP contribution in [0.1, 0.15) is 0 Å². The molecular formula is C28H20BCl3N8O2. The molecule has 208 valence electrons. The number of aromatic nitrogens is 8. The Hall–Kier alpha value is -4.39. The molecule has 2 N–H and O–H groups in total. The van der Waals surface area contributed by atoms with Gasteiger partial charge in [0.2, 0.25) is 15.9 Å². The number of hydrogen-bond donors (Lipinski definition) is 2. The van der Waals surface area contributed by atoms with Crippen molar-refractivity contribution in [3.05, 3.63) is 126 Å². The molecule has 0 saturated heterocycles. The molecule has 0 aliphatic carbocycles. The second kappa shape index (κ2) is 15.6. The predicted molar refractivity (Wildman–Crippen MR) is 163 cm³/mol. The minimum absolute atomic E-state index is 0.101. The van der Waals surface area contributed by atoms with Crippen LogP contribution in [-0.4, -0.2) is 57.0 Å². The van der Waals surface area contributed by atoms with Crippen LogP contribution in [0.4, 0.5) is 0 Å². The molecule has 0 bridgehead atoms. The van der Waals surface area contributed by atoms with Crippen LogP contribution in [0.5, 0.6) is 0 Å². The first kappa shape index (κ1) is 30.6. The number of halogens is 3. The van der Waals surface area contributed by atoms with E-state index in [-0.39, 0.29) is 15.9 Å². The molecule has 6 aromatic rings. The summed E-state index contributed by atoms with van der Waals surface area (Å²) in [6.45, 7) is 0. The fourth-order valence-corrected chi connectivity index (χ4v) is 3.79. The number of hydrogen-bond acceptors (Lipinski definition) is 10. The maximum Gasteiger partial charge on any atom is 0.490 e. The van der Waals surface area contributed by atoms with Gasteiger partial charge in [0.15, 0.2) is 17.5 Å². The van der Waals surface area contributed by atoms with Gasteiger partial charge in [-0.2, -0.15) is 24.9 Å². The van der Waals surface area contributed by atoms with Crippen molar-refractivity contribution >= 4 is 47.4 Å². The van der Waals surface area contributed by atoms with Crippen molar-refractivity contribution in [2.75, 3.05) is 0 Å². The highest BCUT2D eigenvalue weighted by molar-refractivity contribution is 6.58. The lowest BCUT2D eigenvalue weighted by Gasteiger charge is -2.04. The van der Waals surface area contributed by atoms with Gasteiger partial charge in [0.05, 0.1) is 0 Å². The highest BCUT2D eigenvalue weighted by atomic mass is 35.5. The van der Waals surface area contributed by atoms with Gasteiger partial charge in [0, 0.05) is 46.9 Å². The van der Waals surface area contributed by atoms with Crippen molar-refractivity contribution in [3.63, 3.8) is 0 Å². The summed E-state index contributed by atoms with van der Waals surface area (Å²) in [5.41, 5.74) is 2.98. The Labute approximate surface area is 256 Å². The van der Waals surface area contributed by atoms with Gasteiger partial charge in [-0.3, -0.25) is 9.97 Å². The molecule has 0 atom stereocenters. The number of nitrogens with zero attached hydrogens (tertiary/aromatic N) is 8. The van der Waals surface area contributed by atoms with Gasteiger partial charge < -0.3 is 10.0 Å². The van der Waals surface area contributed by atoms with Crippen molar-refractivity contribution in [2.24, 2.45) is 0 Å². The van der Waals surface area contributed by atoms with E-state index in [1.54, 1.807) is 30.7 Å². The van der Waals surface area contributed by atoms with Crippen LogP contribution in [0.25, 0.3) is 34.2 Å². The summed E-state index contributed by atoms with van der Waals surface area (Å²) >= 11 is 17.3. The first-order chi connectivity index (χ1) is 20.4. The third-order valence-electron chi connectivity index (χ3n) is 5.16. The van der Waals surface area contributed by atoms with E-state index >= 15 is 0 Å². The van der Waals surface area contributed by atoms with Crippen molar-refractivity contribution in [1.29, 1.82) is 0 Å². The first-order valence-electron chi connectivity index (χ1n) is 12.1. The van der Waals surface area contributed by atoms with Crippen LogP contribution in [0.15, 0.2) is 110 Å². The summed E-state index contributed by atoms with van der Waals surface area (Å²) in [7, 11) is -1.40. The number of rotatable bonds is 4. The normalized spacial score (nSPS) is 10.0. The zero-order chi connectivity index (χ0) is 29.7. The average molecular weight is 618 g/mol. The minimum Gasteiger partial charge on any atom is -0.423 e. The third kappa shape index (κ3) is 9.33. The molecule has 4 aromatic heterocycles. The Morgan fingerprint density at radius 1 is 0.452 bits per heavy atom. The van der Waals surface area contributed by atoms with E-state index < -0.39 is 7.12 Å². The first-order valence-corrected chi connectivity index (χ1v) is 13.3. The Morgan fingerprint density at radius 2 is 0.881 bits per heavy atom. The van der Waals surface area contributed by atoms with E-state index in [1.807, 2.05) is 72.8 Å². The van der Waals surface area contributed by atoms with Crippen LogP contribution in [-0.2, 0) is 0 Å². The molecule has 0 amide bonds. The molecule has 0 unspecified atom stereocenters. The Bertz CT molecular complexity index is 1610. The van der Waals surface area contributed by atoms with Crippen molar-refractivity contribution in [3.8, 4) is 34.2 Å². The molecular weight excluding hydrogens is 598 g/mol. The highest BCUT2D eigenvalue weighted by Crippen LogP contribution is 2.21. The molecule has 0 fully saturated rings. The summed E-state index contributed by atoms with van der Waals surface area (Å²) in [6, 6.07) is 26.0. The van der Waals surface area contributed by atoms with Gasteiger partial charge in [-0.25, -0.2) is 4.98 Å². The van der Waals surface area contributed by atoms with E-state index in [2.05, 4.69) is 39.9 Å². The lowest BCUT2D eigenvalue weighted by Crippen LogP contribution is -2.29. The fourth-order valence-electron chi connectivity index (χ4n) is 3.26. The maximum absolute atomic E-state index is 8.54. The molecule has 0 aliphatic rings. The summed E-state index contributed by atoms with van der Waals surface area (Å²) in [5, 5.41) is 17.5. The molecule has 2 aromatic carbocycles. The molecule has 14 heteroatoms. The van der Waals surface area contributed by atoms with E-state index in [4.69, 9.17) is 44.9 Å². The van der Waals surface area contributed by atoms with Crippen LogP contribution >= 0.6 is 34.8 Å². The van der Waals surface area contributed by atoms with E-state index in [0.717, 1.165) is 16.7 Å². The van der Waals surface area contributed by atoms with Gasteiger partial charge in [-0.15, -0.1) is 0 Å². The van der Waals surface area contributed by atoms with Gasteiger partial charge in [-0.05, 0) is 53.0 Å². The number of pyridine rings is 2. The Morgan fingerprint density at radius 3 is 1.31 bits per heavy atom. The van der Waals surface area contributed by atoms with Crippen LogP contribution in [0.2, 0.25) is 15.9 Å². The molecule has 0 saturated carbocycles. The van der Waals surface area contributed by atoms with Crippen LogP contribution in [0, 0.1) is 0 Å². The molecule has 4 heterocycles. The Balaban J connectivity index is 0.000000155. The van der Waals surface area contributed by atoms with Gasteiger partial charge in [-0.1, -0.05) is 66.7 Å². The van der Waals surface area contributed by atoms with Gasteiger partial charge in [0.25, 0.3) is 0 Å². The summed E-state index contributed by atoms with van der Waals surface area (Å²) in [6.07, 6.45) is 6.38. The highest BCUT2D eigenvalue weighted by Gasteiger charge is 2.09. The summed E-state index contributed by atoms with van der Waals surface area (Å²) in [4.78, 5) is 32.0. The van der Waals surface area contributed by atoms with Crippen molar-refractivity contribution < 1.29 is 10.0 Å². The number of benzene rings is 2. The molecule has 0 radical (unpaired) electrons. The fraction of sp³-hybridized carbons (Fsp3) is 0. The molecule has 42 heavy (non-hydrogen) atoms. The molecule has 0 spiro atoms. The summed E-state index contributed by atoms with van der Waals surface area (Å²) < 4.78 is 0. The van der Waals surface area contributed by atoms with Crippen LogP contribution < -0.4 is 5.46 Å². The lowest BCUT2D eigenvalue weighted by atomic mass is 9.82. The minimum atomic E-state index is -1.40. The van der Waals surface area contributed by atoms with Crippen LogP contribution in [0.3, 0.4) is 0 Å². The zero-order valence-electron chi connectivity index (χ0n) is 21.6. The van der Waals surface area contributed by atoms with E-state index in [9.17, 15) is 0 Å². The quantitative estimate of drug-likeness (QED) is 0.263. The second-order valence-electron chi connectivity index (χ2n) is 8.08. The SMILES string of the molecule is Clc1nc(-c2ccccc2)nc(-c2cccnc2)n1.Clc1nc(Cl)nc(-c2ccccc2)n1.OB(O)c1cccnc1. The molecule has 6 rings (SSSR count). The van der Waals surface area contributed by atoms with Gasteiger partial charge >= 0.3 is 7.12 Å². The topological polar surface area (TPSA) is 144 Å². The monoisotopic (exact) mass is 616 g/mol. The maximum atomic E-state index is 8.54. The molecule has 0 aliphatic heterocycles. The smallest absolute Gasteiger partial charge is 0.423 e. The van der Waals surface area contributed by atoms with Crippen molar-refractivity contribution in [1.82, 2.24) is 39.9 Å². The largest absolute Gasteiger partial charge is 0.490 e. The van der Waals surface area contributed by atoms with E-state index in [0.29, 0.717) is 22.9 Å². The van der Waals surface area contributed by atoms with Crippen molar-refractivity contribution in [2.45, 2.75) is 0 Å². The second-order valence-corrected chi connectivity index (χ2v) is 9.10. The standard InChI is InChI=1S/C14H9ClN4.C9H5Cl2N3.C5H6BNO2/c15-14-18-12(10-5-2-1-3-6-10)17-13(19-14)11-7-4-8-16-9-11;10-8-12-7(13-9(11)14-8)6-4-2-1-3-5-6;8-6(9)5-2-1-3-7-4-5/h1-9H;1-5H;1-4,8-9H. The average Bonchev–Trinajstić information content (AvgIpc) is 3.03. The van der Waals surface area contributed by atoms with Gasteiger partial charge in [0.1, 0.15) is 0 Å². The molecule has 10 nitrogen and oxygen atoms in total.